The van der Waals surface area contributed by atoms with Crippen molar-refractivity contribution < 1.29 is 23.8 Å². The first-order valence-electron chi connectivity index (χ1n) is 9.26. The summed E-state index contributed by atoms with van der Waals surface area (Å²) in [6.45, 7) is 0.539. The SMILES string of the molecule is COC(=O)c1ccc(OCCN2C(=O)c3ccccc3Oc3cc(Cl)ccc32)cc1. The van der Waals surface area contributed by atoms with E-state index in [4.69, 9.17) is 21.1 Å². The summed E-state index contributed by atoms with van der Waals surface area (Å²) >= 11 is 6.13. The van der Waals surface area contributed by atoms with Gasteiger partial charge < -0.3 is 19.1 Å². The smallest absolute Gasteiger partial charge is 0.337 e. The number of para-hydroxylation sites is 1. The van der Waals surface area contributed by atoms with E-state index in [0.717, 1.165) is 0 Å². The quantitative estimate of drug-likeness (QED) is 0.543. The monoisotopic (exact) mass is 423 g/mol. The molecule has 3 aromatic carbocycles. The zero-order valence-corrected chi connectivity index (χ0v) is 16.9. The number of hydrogen-bond acceptors (Lipinski definition) is 5. The lowest BCUT2D eigenvalue weighted by Gasteiger charge is -2.22. The third-order valence-corrected chi connectivity index (χ3v) is 4.89. The number of esters is 1. The summed E-state index contributed by atoms with van der Waals surface area (Å²) in [5.41, 5.74) is 1.52. The van der Waals surface area contributed by atoms with Gasteiger partial charge in [-0.1, -0.05) is 23.7 Å². The molecule has 0 saturated carbocycles. The van der Waals surface area contributed by atoms with E-state index in [9.17, 15) is 9.59 Å². The maximum Gasteiger partial charge on any atom is 0.337 e. The second-order valence-electron chi connectivity index (χ2n) is 6.53. The lowest BCUT2D eigenvalue weighted by molar-refractivity contribution is 0.0600. The third-order valence-electron chi connectivity index (χ3n) is 4.65. The number of halogens is 1. The maximum atomic E-state index is 13.2. The highest BCUT2D eigenvalue weighted by atomic mass is 35.5. The molecular formula is C23H18ClNO5. The Morgan fingerprint density at radius 2 is 1.80 bits per heavy atom. The molecule has 152 valence electrons. The van der Waals surface area contributed by atoms with E-state index < -0.39 is 5.97 Å². The highest BCUT2D eigenvalue weighted by Gasteiger charge is 2.28. The molecule has 0 fully saturated rings. The molecule has 3 aromatic rings. The largest absolute Gasteiger partial charge is 0.492 e. The first-order chi connectivity index (χ1) is 14.6. The van der Waals surface area contributed by atoms with Crippen molar-refractivity contribution >= 4 is 29.2 Å². The number of fused-ring (bicyclic) bond motifs is 2. The van der Waals surface area contributed by atoms with Crippen LogP contribution >= 0.6 is 11.6 Å². The van der Waals surface area contributed by atoms with Gasteiger partial charge in [-0.2, -0.15) is 0 Å². The van der Waals surface area contributed by atoms with Gasteiger partial charge in [-0.3, -0.25) is 4.79 Å². The Bertz CT molecular complexity index is 1100. The first kappa shape index (κ1) is 19.8. The lowest BCUT2D eigenvalue weighted by Crippen LogP contribution is -2.34. The summed E-state index contributed by atoms with van der Waals surface area (Å²) in [6, 6.07) is 18.9. The molecule has 0 bridgehead atoms. The van der Waals surface area contributed by atoms with Crippen LogP contribution in [-0.2, 0) is 4.74 Å². The summed E-state index contributed by atoms with van der Waals surface area (Å²) < 4.78 is 16.4. The number of methoxy groups -OCH3 is 1. The molecule has 0 aromatic heterocycles. The highest BCUT2D eigenvalue weighted by molar-refractivity contribution is 6.31. The first-order valence-corrected chi connectivity index (χ1v) is 9.64. The number of hydrogen-bond donors (Lipinski definition) is 0. The fraction of sp³-hybridized carbons (Fsp3) is 0.130. The molecule has 1 aliphatic rings. The van der Waals surface area contributed by atoms with Crippen molar-refractivity contribution in [3.05, 3.63) is 82.9 Å². The van der Waals surface area contributed by atoms with Crippen LogP contribution in [0.5, 0.6) is 17.2 Å². The molecule has 0 atom stereocenters. The van der Waals surface area contributed by atoms with Gasteiger partial charge in [0.1, 0.15) is 18.1 Å². The number of carbonyl (C=O) groups excluding carboxylic acids is 2. The molecule has 0 radical (unpaired) electrons. The minimum Gasteiger partial charge on any atom is -0.492 e. The van der Waals surface area contributed by atoms with E-state index >= 15 is 0 Å². The molecular weight excluding hydrogens is 406 g/mol. The lowest BCUT2D eigenvalue weighted by atomic mass is 10.1. The van der Waals surface area contributed by atoms with Gasteiger partial charge in [0.15, 0.2) is 5.75 Å². The Morgan fingerprint density at radius 1 is 1.03 bits per heavy atom. The van der Waals surface area contributed by atoms with E-state index in [0.29, 0.717) is 45.6 Å². The second kappa shape index (κ2) is 8.47. The van der Waals surface area contributed by atoms with Crippen LogP contribution in [0.1, 0.15) is 20.7 Å². The predicted octanol–water partition coefficient (Wildman–Crippen LogP) is 4.96. The summed E-state index contributed by atoms with van der Waals surface area (Å²) in [5, 5.41) is 0.516. The van der Waals surface area contributed by atoms with Crippen LogP contribution in [0, 0.1) is 0 Å². The van der Waals surface area contributed by atoms with Crippen molar-refractivity contribution in [2.45, 2.75) is 0 Å². The topological polar surface area (TPSA) is 65.1 Å². The molecule has 0 saturated heterocycles. The van der Waals surface area contributed by atoms with Gasteiger partial charge in [0.25, 0.3) is 5.91 Å². The molecule has 0 N–H and O–H groups in total. The van der Waals surface area contributed by atoms with Crippen molar-refractivity contribution in [3.8, 4) is 17.2 Å². The van der Waals surface area contributed by atoms with Gasteiger partial charge in [-0.25, -0.2) is 4.79 Å². The minimum absolute atomic E-state index is 0.184. The predicted molar refractivity (Wildman–Crippen MR) is 113 cm³/mol. The van der Waals surface area contributed by atoms with E-state index in [-0.39, 0.29) is 12.5 Å². The highest BCUT2D eigenvalue weighted by Crippen LogP contribution is 2.40. The average Bonchev–Trinajstić information content (AvgIpc) is 2.88. The fourth-order valence-corrected chi connectivity index (χ4v) is 3.34. The Morgan fingerprint density at radius 3 is 2.57 bits per heavy atom. The number of carbonyl (C=O) groups is 2. The van der Waals surface area contributed by atoms with Crippen LogP contribution < -0.4 is 14.4 Å². The van der Waals surface area contributed by atoms with Crippen molar-refractivity contribution in [1.29, 1.82) is 0 Å². The molecule has 6 nitrogen and oxygen atoms in total. The molecule has 0 spiro atoms. The summed E-state index contributed by atoms with van der Waals surface area (Å²) in [4.78, 5) is 26.3. The maximum absolute atomic E-state index is 13.2. The number of benzene rings is 3. The number of ether oxygens (including phenoxy) is 3. The zero-order valence-electron chi connectivity index (χ0n) is 16.1. The molecule has 4 rings (SSSR count). The van der Waals surface area contributed by atoms with Crippen LogP contribution in [-0.4, -0.2) is 32.1 Å². The number of nitrogens with zero attached hydrogens (tertiary/aromatic N) is 1. The van der Waals surface area contributed by atoms with Gasteiger partial charge in [-0.15, -0.1) is 0 Å². The van der Waals surface area contributed by atoms with E-state index in [1.807, 2.05) is 6.07 Å². The van der Waals surface area contributed by atoms with Crippen LogP contribution in [0.3, 0.4) is 0 Å². The molecule has 1 heterocycles. The van der Waals surface area contributed by atoms with Gasteiger partial charge in [0, 0.05) is 11.1 Å². The van der Waals surface area contributed by atoms with Crippen molar-refractivity contribution in [1.82, 2.24) is 0 Å². The van der Waals surface area contributed by atoms with Gasteiger partial charge in [0.2, 0.25) is 0 Å². The van der Waals surface area contributed by atoms with Crippen LogP contribution in [0.25, 0.3) is 0 Å². The second-order valence-corrected chi connectivity index (χ2v) is 6.97. The van der Waals surface area contributed by atoms with E-state index in [2.05, 4.69) is 4.74 Å². The number of rotatable bonds is 5. The minimum atomic E-state index is -0.411. The summed E-state index contributed by atoms with van der Waals surface area (Å²) in [6.07, 6.45) is 0. The summed E-state index contributed by atoms with van der Waals surface area (Å²) in [5.74, 6) is 0.968. The standard InChI is InChI=1S/C23H18ClNO5/c1-28-23(27)15-6-9-17(10-7-15)29-13-12-25-19-11-8-16(24)14-21(19)30-20-5-3-2-4-18(20)22(25)26/h2-11,14H,12-13H2,1H3. The summed E-state index contributed by atoms with van der Waals surface area (Å²) in [7, 11) is 1.33. The average molecular weight is 424 g/mol. The van der Waals surface area contributed by atoms with Crippen molar-refractivity contribution in [2.75, 3.05) is 25.2 Å². The number of anilines is 1. The van der Waals surface area contributed by atoms with Crippen LogP contribution in [0.15, 0.2) is 66.7 Å². The number of amides is 1. The fourth-order valence-electron chi connectivity index (χ4n) is 3.18. The van der Waals surface area contributed by atoms with Crippen molar-refractivity contribution in [2.24, 2.45) is 0 Å². The van der Waals surface area contributed by atoms with Gasteiger partial charge in [-0.05, 0) is 48.5 Å². The molecule has 7 heteroatoms. The Labute approximate surface area is 178 Å². The zero-order chi connectivity index (χ0) is 21.1. The molecule has 1 aliphatic heterocycles. The van der Waals surface area contributed by atoms with Gasteiger partial charge >= 0.3 is 5.97 Å². The van der Waals surface area contributed by atoms with E-state index in [1.165, 1.54) is 7.11 Å². The van der Waals surface area contributed by atoms with Gasteiger partial charge in [0.05, 0.1) is 30.5 Å². The normalized spacial score (nSPS) is 12.3. The third kappa shape index (κ3) is 3.95. The molecule has 30 heavy (non-hydrogen) atoms. The molecule has 0 unspecified atom stereocenters. The van der Waals surface area contributed by atoms with Crippen LogP contribution in [0.2, 0.25) is 5.02 Å². The molecule has 1 amide bonds. The van der Waals surface area contributed by atoms with Crippen molar-refractivity contribution in [3.63, 3.8) is 0 Å². The van der Waals surface area contributed by atoms with E-state index in [1.54, 1.807) is 65.6 Å². The Hall–Kier alpha value is -3.51. The Kier molecular flexibility index (Phi) is 5.59. The Balaban J connectivity index is 1.54. The van der Waals surface area contributed by atoms with Crippen LogP contribution in [0.4, 0.5) is 5.69 Å². The molecule has 0 aliphatic carbocycles.